The van der Waals surface area contributed by atoms with Crippen molar-refractivity contribution in [3.05, 3.63) is 28.7 Å². The molecule has 1 spiro atoms. The second kappa shape index (κ2) is 4.82. The Bertz CT molecular complexity index is 664. The minimum absolute atomic E-state index is 0. The van der Waals surface area contributed by atoms with Crippen LogP contribution < -0.4 is 16.0 Å². The molecule has 20 heavy (non-hydrogen) atoms. The van der Waals surface area contributed by atoms with Gasteiger partial charge in [-0.15, -0.1) is 12.4 Å². The zero-order chi connectivity index (χ0) is 12.9. The van der Waals surface area contributed by atoms with Crippen LogP contribution in [0.1, 0.15) is 12.8 Å². The number of rotatable bonds is 1. The summed E-state index contributed by atoms with van der Waals surface area (Å²) in [6.45, 7) is 4.52. The fourth-order valence-electron chi connectivity index (χ4n) is 3.20. The molecule has 6 heteroatoms. The van der Waals surface area contributed by atoms with Gasteiger partial charge < -0.3 is 14.6 Å². The van der Waals surface area contributed by atoms with Crippen LogP contribution in [0, 0.1) is 5.41 Å². The van der Waals surface area contributed by atoms with E-state index in [-0.39, 0.29) is 18.2 Å². The SMILES string of the molecule is Cl.O=c1[nH]c2ccc(N3CCC4(CC3)CNC4)cc2o1. The molecule has 2 aromatic rings. The van der Waals surface area contributed by atoms with Gasteiger partial charge in [0.2, 0.25) is 0 Å². The first-order valence-corrected chi connectivity index (χ1v) is 6.83. The molecule has 2 aliphatic heterocycles. The third-order valence-corrected chi connectivity index (χ3v) is 4.59. The van der Waals surface area contributed by atoms with Gasteiger partial charge in [-0.1, -0.05) is 0 Å². The molecule has 4 rings (SSSR count). The first-order chi connectivity index (χ1) is 9.24. The molecule has 3 heterocycles. The number of halogens is 1. The van der Waals surface area contributed by atoms with Crippen LogP contribution in [0.5, 0.6) is 0 Å². The summed E-state index contributed by atoms with van der Waals surface area (Å²) in [6, 6.07) is 5.94. The number of fused-ring (bicyclic) bond motifs is 1. The number of aromatic nitrogens is 1. The monoisotopic (exact) mass is 295 g/mol. The molecule has 0 atom stereocenters. The van der Waals surface area contributed by atoms with Crippen molar-refractivity contribution in [2.75, 3.05) is 31.1 Å². The summed E-state index contributed by atoms with van der Waals surface area (Å²) in [5.41, 5.74) is 3.12. The van der Waals surface area contributed by atoms with E-state index in [0.717, 1.165) is 24.3 Å². The van der Waals surface area contributed by atoms with Crippen molar-refractivity contribution in [3.63, 3.8) is 0 Å². The van der Waals surface area contributed by atoms with Crippen LogP contribution in [0.3, 0.4) is 0 Å². The molecule has 1 aromatic heterocycles. The summed E-state index contributed by atoms with van der Waals surface area (Å²) in [5.74, 6) is -0.384. The molecule has 108 valence electrons. The first kappa shape index (κ1) is 13.5. The molecule has 2 N–H and O–H groups in total. The normalized spacial score (nSPS) is 20.7. The number of hydrogen-bond acceptors (Lipinski definition) is 4. The number of aromatic amines is 1. The quantitative estimate of drug-likeness (QED) is 0.841. The average molecular weight is 296 g/mol. The Labute approximate surface area is 122 Å². The minimum Gasteiger partial charge on any atom is -0.408 e. The molecular formula is C14H18ClN3O2. The molecule has 0 saturated carbocycles. The molecular weight excluding hydrogens is 278 g/mol. The lowest BCUT2D eigenvalue weighted by Crippen LogP contribution is -2.58. The molecule has 0 radical (unpaired) electrons. The van der Waals surface area contributed by atoms with Gasteiger partial charge in [-0.3, -0.25) is 4.98 Å². The lowest BCUT2D eigenvalue weighted by Gasteiger charge is -2.48. The number of hydrogen-bond donors (Lipinski definition) is 2. The number of benzene rings is 1. The van der Waals surface area contributed by atoms with Gasteiger partial charge in [-0.25, -0.2) is 4.79 Å². The number of oxazole rings is 1. The predicted molar refractivity (Wildman–Crippen MR) is 80.8 cm³/mol. The molecule has 0 bridgehead atoms. The lowest BCUT2D eigenvalue weighted by molar-refractivity contribution is 0.126. The first-order valence-electron chi connectivity index (χ1n) is 6.83. The minimum atomic E-state index is -0.384. The number of nitrogens with one attached hydrogen (secondary N) is 2. The van der Waals surface area contributed by atoms with E-state index in [4.69, 9.17) is 4.42 Å². The summed E-state index contributed by atoms with van der Waals surface area (Å²) in [6.07, 6.45) is 2.49. The van der Waals surface area contributed by atoms with E-state index in [1.54, 1.807) is 0 Å². The molecule has 2 saturated heterocycles. The zero-order valence-corrected chi connectivity index (χ0v) is 12.0. The van der Waals surface area contributed by atoms with Crippen molar-refractivity contribution in [2.24, 2.45) is 5.41 Å². The highest BCUT2D eigenvalue weighted by Gasteiger charge is 2.39. The molecule has 0 amide bonds. The third-order valence-electron chi connectivity index (χ3n) is 4.59. The van der Waals surface area contributed by atoms with Gasteiger partial charge in [0.05, 0.1) is 5.52 Å². The van der Waals surface area contributed by atoms with Crippen LogP contribution in [0.25, 0.3) is 11.1 Å². The van der Waals surface area contributed by atoms with Crippen LogP contribution in [-0.2, 0) is 0 Å². The fraction of sp³-hybridized carbons (Fsp3) is 0.500. The fourth-order valence-corrected chi connectivity index (χ4v) is 3.20. The van der Waals surface area contributed by atoms with Gasteiger partial charge in [0, 0.05) is 37.9 Å². The molecule has 2 aliphatic rings. The zero-order valence-electron chi connectivity index (χ0n) is 11.1. The topological polar surface area (TPSA) is 61.3 Å². The average Bonchev–Trinajstić information content (AvgIpc) is 2.76. The number of H-pyrrole nitrogens is 1. The Morgan fingerprint density at radius 3 is 2.60 bits per heavy atom. The van der Waals surface area contributed by atoms with E-state index >= 15 is 0 Å². The van der Waals surface area contributed by atoms with Crippen molar-refractivity contribution in [3.8, 4) is 0 Å². The van der Waals surface area contributed by atoms with E-state index < -0.39 is 0 Å². The van der Waals surface area contributed by atoms with Crippen LogP contribution in [0.4, 0.5) is 5.69 Å². The molecule has 5 nitrogen and oxygen atoms in total. The largest absolute Gasteiger partial charge is 0.417 e. The maximum atomic E-state index is 11.2. The van der Waals surface area contributed by atoms with Crippen molar-refractivity contribution in [1.29, 1.82) is 0 Å². The van der Waals surface area contributed by atoms with Crippen LogP contribution in [0.15, 0.2) is 27.4 Å². The highest BCUT2D eigenvalue weighted by molar-refractivity contribution is 5.85. The van der Waals surface area contributed by atoms with Gasteiger partial charge in [-0.05, 0) is 30.4 Å². The Hall–Kier alpha value is -1.46. The number of anilines is 1. The number of nitrogens with zero attached hydrogens (tertiary/aromatic N) is 1. The van der Waals surface area contributed by atoms with E-state index in [0.29, 0.717) is 11.0 Å². The van der Waals surface area contributed by atoms with E-state index in [9.17, 15) is 4.79 Å². The van der Waals surface area contributed by atoms with Gasteiger partial charge in [0.25, 0.3) is 0 Å². The highest BCUT2D eigenvalue weighted by Crippen LogP contribution is 2.36. The maximum absolute atomic E-state index is 11.2. The Kier molecular flexibility index (Phi) is 3.26. The summed E-state index contributed by atoms with van der Waals surface area (Å²) >= 11 is 0. The summed E-state index contributed by atoms with van der Waals surface area (Å²) < 4.78 is 5.12. The van der Waals surface area contributed by atoms with Crippen molar-refractivity contribution in [1.82, 2.24) is 10.3 Å². The third kappa shape index (κ3) is 2.11. The van der Waals surface area contributed by atoms with Crippen molar-refractivity contribution < 1.29 is 4.42 Å². The second-order valence-electron chi connectivity index (χ2n) is 5.79. The highest BCUT2D eigenvalue weighted by atomic mass is 35.5. The predicted octanol–water partition coefficient (Wildman–Crippen LogP) is 1.73. The molecule has 1 aromatic carbocycles. The molecule has 0 aliphatic carbocycles. The standard InChI is InChI=1S/C14H17N3O2.ClH/c18-13-16-11-2-1-10(7-12(11)19-13)17-5-3-14(4-6-17)8-15-9-14;/h1-2,7,15H,3-6,8-9H2,(H,16,18);1H. The molecule has 0 unspecified atom stereocenters. The van der Waals surface area contributed by atoms with Gasteiger partial charge in [0.1, 0.15) is 0 Å². The van der Waals surface area contributed by atoms with E-state index in [1.807, 2.05) is 12.1 Å². The molecule has 2 fully saturated rings. The van der Waals surface area contributed by atoms with Crippen LogP contribution >= 0.6 is 12.4 Å². The van der Waals surface area contributed by atoms with E-state index in [2.05, 4.69) is 21.3 Å². The summed E-state index contributed by atoms with van der Waals surface area (Å²) in [5, 5.41) is 3.38. The van der Waals surface area contributed by atoms with Crippen molar-refractivity contribution in [2.45, 2.75) is 12.8 Å². The van der Waals surface area contributed by atoms with Crippen LogP contribution in [-0.4, -0.2) is 31.2 Å². The smallest absolute Gasteiger partial charge is 0.408 e. The Morgan fingerprint density at radius 2 is 1.95 bits per heavy atom. The van der Waals surface area contributed by atoms with Gasteiger partial charge >= 0.3 is 5.76 Å². The van der Waals surface area contributed by atoms with Crippen molar-refractivity contribution >= 4 is 29.2 Å². The van der Waals surface area contributed by atoms with Crippen LogP contribution in [0.2, 0.25) is 0 Å². The maximum Gasteiger partial charge on any atom is 0.417 e. The Balaban J connectivity index is 0.00000121. The van der Waals surface area contributed by atoms with Gasteiger partial charge in [-0.2, -0.15) is 0 Å². The van der Waals surface area contributed by atoms with E-state index in [1.165, 1.54) is 25.9 Å². The summed E-state index contributed by atoms with van der Waals surface area (Å²) in [7, 11) is 0. The van der Waals surface area contributed by atoms with Gasteiger partial charge in [0.15, 0.2) is 5.58 Å². The number of piperidine rings is 1. The lowest BCUT2D eigenvalue weighted by atomic mass is 9.73. The Morgan fingerprint density at radius 1 is 1.20 bits per heavy atom. The summed E-state index contributed by atoms with van der Waals surface area (Å²) in [4.78, 5) is 16.2. The second-order valence-corrected chi connectivity index (χ2v) is 5.79.